The lowest BCUT2D eigenvalue weighted by atomic mass is 10.0. The van der Waals surface area contributed by atoms with E-state index in [0.717, 1.165) is 11.3 Å². The monoisotopic (exact) mass is 414 g/mol. The molecule has 2 aromatic heterocycles. The number of nitrogens with zero attached hydrogens (tertiary/aromatic N) is 2. The molecular weight excluding hydrogens is 392 g/mol. The Hall–Kier alpha value is -2.45. The molecule has 3 rings (SSSR count). The number of thiazole rings is 1. The Morgan fingerprint density at radius 3 is 2.71 bits per heavy atom. The standard InChI is InChI=1S/C20H22N4O2S2/c1-12(2)15-6-4-14(5-7-15)9-16-10-21-19(28-16)24-18(26)11-27-20-22-13(3)8-17(25)23-20/h4-8,10,12H,9,11H2,1-3H3,(H,21,24,26)(H,22,23,25). The van der Waals surface area contributed by atoms with Crippen LogP contribution in [0.3, 0.4) is 0 Å². The first-order chi connectivity index (χ1) is 13.4. The van der Waals surface area contributed by atoms with Crippen molar-refractivity contribution in [3.05, 3.63) is 68.6 Å². The number of rotatable bonds is 7. The van der Waals surface area contributed by atoms with Gasteiger partial charge in [-0.1, -0.05) is 49.9 Å². The molecule has 0 saturated carbocycles. The average molecular weight is 415 g/mol. The van der Waals surface area contributed by atoms with Gasteiger partial charge in [0.05, 0.1) is 5.75 Å². The molecule has 6 nitrogen and oxygen atoms in total. The van der Waals surface area contributed by atoms with Crippen molar-refractivity contribution in [1.82, 2.24) is 15.0 Å². The minimum Gasteiger partial charge on any atom is -0.301 e. The molecule has 0 bridgehead atoms. The van der Waals surface area contributed by atoms with Gasteiger partial charge in [0.15, 0.2) is 10.3 Å². The first kappa shape index (κ1) is 20.3. The summed E-state index contributed by atoms with van der Waals surface area (Å²) in [7, 11) is 0. The number of aromatic nitrogens is 3. The molecule has 0 atom stereocenters. The maximum atomic E-state index is 12.1. The summed E-state index contributed by atoms with van der Waals surface area (Å²) < 4.78 is 0. The zero-order valence-electron chi connectivity index (χ0n) is 16.0. The molecule has 0 fully saturated rings. The number of aromatic amines is 1. The van der Waals surface area contributed by atoms with Gasteiger partial charge < -0.3 is 10.3 Å². The van der Waals surface area contributed by atoms with E-state index in [1.54, 1.807) is 13.1 Å². The normalized spacial score (nSPS) is 11.0. The van der Waals surface area contributed by atoms with Crippen LogP contribution in [0.15, 0.2) is 46.5 Å². The molecule has 8 heteroatoms. The van der Waals surface area contributed by atoms with Crippen LogP contribution < -0.4 is 10.9 Å². The third-order valence-corrected chi connectivity index (χ3v) is 5.80. The number of carbonyl (C=O) groups is 1. The molecule has 3 aromatic rings. The van der Waals surface area contributed by atoms with Gasteiger partial charge in [-0.05, 0) is 24.0 Å². The van der Waals surface area contributed by atoms with Crippen molar-refractivity contribution < 1.29 is 4.79 Å². The predicted octanol–water partition coefficient (Wildman–Crippen LogP) is 3.98. The Labute approximate surface area is 171 Å². The number of aryl methyl sites for hydroxylation is 1. The minimum atomic E-state index is -0.221. The number of carbonyl (C=O) groups excluding carboxylic acids is 1. The number of hydrogen-bond acceptors (Lipinski definition) is 6. The molecule has 146 valence electrons. The molecule has 0 aliphatic heterocycles. The summed E-state index contributed by atoms with van der Waals surface area (Å²) in [6.07, 6.45) is 2.58. The highest BCUT2D eigenvalue weighted by molar-refractivity contribution is 7.99. The van der Waals surface area contributed by atoms with Crippen molar-refractivity contribution in [1.29, 1.82) is 0 Å². The van der Waals surface area contributed by atoms with Crippen molar-refractivity contribution in [2.75, 3.05) is 11.1 Å². The number of anilines is 1. The summed E-state index contributed by atoms with van der Waals surface area (Å²) in [5, 5.41) is 3.81. The van der Waals surface area contributed by atoms with Gasteiger partial charge in [0.1, 0.15) is 0 Å². The Balaban J connectivity index is 1.53. The SMILES string of the molecule is Cc1cc(=O)[nH]c(SCC(=O)Nc2ncc(Cc3ccc(C(C)C)cc3)s2)n1. The average Bonchev–Trinajstić information content (AvgIpc) is 3.06. The molecule has 1 aromatic carbocycles. The van der Waals surface area contributed by atoms with E-state index < -0.39 is 0 Å². The van der Waals surface area contributed by atoms with Gasteiger partial charge >= 0.3 is 0 Å². The molecule has 0 radical (unpaired) electrons. The van der Waals surface area contributed by atoms with Crippen molar-refractivity contribution in [2.45, 2.75) is 38.3 Å². The smallest absolute Gasteiger partial charge is 0.251 e. The van der Waals surface area contributed by atoms with E-state index in [4.69, 9.17) is 0 Å². The van der Waals surface area contributed by atoms with Crippen molar-refractivity contribution in [3.8, 4) is 0 Å². The van der Waals surface area contributed by atoms with Crippen LogP contribution in [0.1, 0.15) is 41.5 Å². The number of nitrogens with one attached hydrogen (secondary N) is 2. The van der Waals surface area contributed by atoms with E-state index in [2.05, 4.69) is 58.4 Å². The second-order valence-electron chi connectivity index (χ2n) is 6.73. The Bertz CT molecular complexity index is 1010. The fourth-order valence-electron chi connectivity index (χ4n) is 2.58. The second-order valence-corrected chi connectivity index (χ2v) is 8.81. The summed E-state index contributed by atoms with van der Waals surface area (Å²) in [6.45, 7) is 6.10. The molecule has 2 heterocycles. The van der Waals surface area contributed by atoms with E-state index in [1.807, 2.05) is 0 Å². The summed E-state index contributed by atoms with van der Waals surface area (Å²) in [5.41, 5.74) is 2.94. The molecule has 0 unspecified atom stereocenters. The fourth-order valence-corrected chi connectivity index (χ4v) is 4.16. The quantitative estimate of drug-likeness (QED) is 0.451. The Morgan fingerprint density at radius 1 is 1.29 bits per heavy atom. The van der Waals surface area contributed by atoms with Crippen LogP contribution in [-0.2, 0) is 11.2 Å². The molecule has 28 heavy (non-hydrogen) atoms. The fraction of sp³-hybridized carbons (Fsp3) is 0.300. The lowest BCUT2D eigenvalue weighted by Gasteiger charge is -2.06. The van der Waals surface area contributed by atoms with Crippen LogP contribution in [0.5, 0.6) is 0 Å². The van der Waals surface area contributed by atoms with Gasteiger partial charge in [0, 0.05) is 29.3 Å². The zero-order chi connectivity index (χ0) is 20.1. The van der Waals surface area contributed by atoms with E-state index in [-0.39, 0.29) is 17.2 Å². The van der Waals surface area contributed by atoms with Gasteiger partial charge in [-0.25, -0.2) is 9.97 Å². The molecule has 0 aliphatic rings. The lowest BCUT2D eigenvalue weighted by Crippen LogP contribution is -2.15. The first-order valence-electron chi connectivity index (χ1n) is 8.93. The van der Waals surface area contributed by atoms with Crippen molar-refractivity contribution in [2.24, 2.45) is 0 Å². The highest BCUT2D eigenvalue weighted by Crippen LogP contribution is 2.23. The van der Waals surface area contributed by atoms with Crippen LogP contribution in [0, 0.1) is 6.92 Å². The Morgan fingerprint density at radius 2 is 2.04 bits per heavy atom. The maximum absolute atomic E-state index is 12.1. The van der Waals surface area contributed by atoms with Gasteiger partial charge in [-0.15, -0.1) is 11.3 Å². The summed E-state index contributed by atoms with van der Waals surface area (Å²) in [4.78, 5) is 35.8. The summed E-state index contributed by atoms with van der Waals surface area (Å²) in [6, 6.07) is 10.0. The third-order valence-electron chi connectivity index (χ3n) is 4.01. The van der Waals surface area contributed by atoms with Crippen LogP contribution in [0.4, 0.5) is 5.13 Å². The van der Waals surface area contributed by atoms with Crippen molar-refractivity contribution >= 4 is 34.1 Å². The maximum Gasteiger partial charge on any atom is 0.251 e. The highest BCUT2D eigenvalue weighted by Gasteiger charge is 2.09. The Kier molecular flexibility index (Phi) is 6.64. The van der Waals surface area contributed by atoms with Gasteiger partial charge in [-0.2, -0.15) is 0 Å². The number of thioether (sulfide) groups is 1. The van der Waals surface area contributed by atoms with Crippen LogP contribution in [0.2, 0.25) is 0 Å². The molecule has 0 aliphatic carbocycles. The van der Waals surface area contributed by atoms with Crippen LogP contribution >= 0.6 is 23.1 Å². The zero-order valence-corrected chi connectivity index (χ0v) is 17.6. The minimum absolute atomic E-state index is 0.151. The lowest BCUT2D eigenvalue weighted by molar-refractivity contribution is -0.113. The number of benzene rings is 1. The van der Waals surface area contributed by atoms with Gasteiger partial charge in [0.2, 0.25) is 5.91 Å². The topological polar surface area (TPSA) is 87.7 Å². The van der Waals surface area contributed by atoms with Gasteiger partial charge in [-0.3, -0.25) is 9.59 Å². The summed E-state index contributed by atoms with van der Waals surface area (Å²) >= 11 is 2.65. The van der Waals surface area contributed by atoms with E-state index in [1.165, 1.54) is 40.3 Å². The molecule has 1 amide bonds. The molecule has 0 spiro atoms. The third kappa shape index (κ3) is 5.77. The largest absolute Gasteiger partial charge is 0.301 e. The van der Waals surface area contributed by atoms with Crippen LogP contribution in [0.25, 0.3) is 0 Å². The second kappa shape index (κ2) is 9.16. The first-order valence-corrected chi connectivity index (χ1v) is 10.7. The predicted molar refractivity (Wildman–Crippen MR) is 114 cm³/mol. The number of hydrogen-bond donors (Lipinski definition) is 2. The van der Waals surface area contributed by atoms with E-state index in [9.17, 15) is 9.59 Å². The number of amides is 1. The molecule has 2 N–H and O–H groups in total. The van der Waals surface area contributed by atoms with Gasteiger partial charge in [0.25, 0.3) is 5.56 Å². The van der Waals surface area contributed by atoms with E-state index >= 15 is 0 Å². The highest BCUT2D eigenvalue weighted by atomic mass is 32.2. The molecule has 0 saturated heterocycles. The van der Waals surface area contributed by atoms with Crippen LogP contribution in [-0.4, -0.2) is 26.6 Å². The molecular formula is C20H22N4O2S2. The summed E-state index contributed by atoms with van der Waals surface area (Å²) in [5.74, 6) is 0.485. The van der Waals surface area contributed by atoms with E-state index in [0.29, 0.717) is 21.9 Å². The number of H-pyrrole nitrogens is 1. The van der Waals surface area contributed by atoms with Crippen molar-refractivity contribution in [3.63, 3.8) is 0 Å².